The van der Waals surface area contributed by atoms with Crippen LogP contribution in [-0.2, 0) is 14.8 Å². The van der Waals surface area contributed by atoms with Crippen LogP contribution in [-0.4, -0.2) is 26.6 Å². The van der Waals surface area contributed by atoms with E-state index in [1.165, 1.54) is 25.7 Å². The lowest BCUT2D eigenvalue weighted by molar-refractivity contribution is -0.121. The molecule has 0 heterocycles. The van der Waals surface area contributed by atoms with Crippen LogP contribution in [0, 0.1) is 0 Å². The molecule has 0 atom stereocenters. The minimum atomic E-state index is -3.40. The average Bonchev–Trinajstić information content (AvgIpc) is 2.28. The van der Waals surface area contributed by atoms with Crippen molar-refractivity contribution in [3.8, 4) is 0 Å². The monoisotopic (exact) mass is 278 g/mol. The average molecular weight is 278 g/mol. The van der Waals surface area contributed by atoms with Gasteiger partial charge >= 0.3 is 0 Å². The zero-order valence-electron chi connectivity index (χ0n) is 11.3. The van der Waals surface area contributed by atoms with Gasteiger partial charge in [0, 0.05) is 13.0 Å². The highest BCUT2D eigenvalue weighted by molar-refractivity contribution is 7.89. The maximum absolute atomic E-state index is 11.4. The second-order valence-corrected chi connectivity index (χ2v) is 6.32. The van der Waals surface area contributed by atoms with E-state index in [4.69, 9.17) is 5.14 Å². The van der Waals surface area contributed by atoms with Gasteiger partial charge < -0.3 is 5.32 Å². The molecule has 3 N–H and O–H groups in total. The molecule has 0 saturated heterocycles. The first kappa shape index (κ1) is 17.4. The van der Waals surface area contributed by atoms with E-state index in [2.05, 4.69) is 12.2 Å². The smallest absolute Gasteiger partial charge is 0.219 e. The maximum Gasteiger partial charge on any atom is 0.219 e. The van der Waals surface area contributed by atoms with Crippen molar-refractivity contribution < 1.29 is 13.2 Å². The topological polar surface area (TPSA) is 89.3 Å². The molecule has 6 heteroatoms. The Bertz CT molecular complexity index is 315. The molecule has 0 spiro atoms. The first-order chi connectivity index (χ1) is 8.45. The number of carbonyl (C=O) groups excluding carboxylic acids is 1. The fourth-order valence-electron chi connectivity index (χ4n) is 1.66. The fraction of sp³-hybridized carbons (Fsp3) is 0.917. The van der Waals surface area contributed by atoms with Crippen LogP contribution in [0.25, 0.3) is 0 Å². The van der Waals surface area contributed by atoms with Crippen LogP contribution in [0.4, 0.5) is 0 Å². The van der Waals surface area contributed by atoms with Crippen LogP contribution in [0.3, 0.4) is 0 Å². The van der Waals surface area contributed by atoms with Crippen molar-refractivity contribution in [3.63, 3.8) is 0 Å². The van der Waals surface area contributed by atoms with E-state index in [-0.39, 0.29) is 11.7 Å². The minimum Gasteiger partial charge on any atom is -0.356 e. The number of unbranched alkanes of at least 4 members (excludes halogenated alkanes) is 5. The van der Waals surface area contributed by atoms with Gasteiger partial charge in [0.25, 0.3) is 0 Å². The molecule has 5 nitrogen and oxygen atoms in total. The van der Waals surface area contributed by atoms with Crippen molar-refractivity contribution in [1.29, 1.82) is 0 Å². The summed E-state index contributed by atoms with van der Waals surface area (Å²) < 4.78 is 21.3. The summed E-state index contributed by atoms with van der Waals surface area (Å²) in [4.78, 5) is 11.4. The van der Waals surface area contributed by atoms with E-state index in [1.807, 2.05) is 0 Å². The molecule has 0 radical (unpaired) electrons. The summed E-state index contributed by atoms with van der Waals surface area (Å²) in [5.41, 5.74) is 0. The molecule has 0 saturated carbocycles. The summed E-state index contributed by atoms with van der Waals surface area (Å²) in [6.07, 6.45) is 7.82. The van der Waals surface area contributed by atoms with E-state index in [9.17, 15) is 13.2 Å². The van der Waals surface area contributed by atoms with Crippen LogP contribution in [0.2, 0.25) is 0 Å². The summed E-state index contributed by atoms with van der Waals surface area (Å²) in [6.45, 7) is 2.56. The summed E-state index contributed by atoms with van der Waals surface area (Å²) in [7, 11) is -3.40. The van der Waals surface area contributed by atoms with Crippen molar-refractivity contribution in [2.45, 2.75) is 58.3 Å². The number of sulfonamides is 1. The summed E-state index contributed by atoms with van der Waals surface area (Å²) in [6, 6.07) is 0. The Hall–Kier alpha value is -0.620. The highest BCUT2D eigenvalue weighted by Gasteiger charge is 2.04. The Kier molecular flexibility index (Phi) is 9.96. The Balaban J connectivity index is 3.33. The van der Waals surface area contributed by atoms with Crippen molar-refractivity contribution in [2.75, 3.05) is 12.3 Å². The standard InChI is InChI=1S/C12H26N2O3S/c1-2-3-4-5-6-7-9-12(15)14-10-8-11-18(13,16)17/h2-11H2,1H3,(H,14,15)(H2,13,16,17). The summed E-state index contributed by atoms with van der Waals surface area (Å²) in [5.74, 6) is -0.0792. The number of rotatable bonds is 11. The number of amides is 1. The van der Waals surface area contributed by atoms with E-state index < -0.39 is 10.0 Å². The van der Waals surface area contributed by atoms with E-state index in [0.717, 1.165) is 12.8 Å². The Labute approximate surface area is 111 Å². The van der Waals surface area contributed by atoms with Gasteiger partial charge in [0.1, 0.15) is 0 Å². The van der Waals surface area contributed by atoms with Crippen LogP contribution in [0.1, 0.15) is 58.3 Å². The van der Waals surface area contributed by atoms with Gasteiger partial charge in [-0.3, -0.25) is 4.79 Å². The molecule has 0 aliphatic carbocycles. The molecular weight excluding hydrogens is 252 g/mol. The molecule has 0 unspecified atom stereocenters. The quantitative estimate of drug-likeness (QED) is 0.562. The number of carbonyl (C=O) groups is 1. The van der Waals surface area contributed by atoms with Crippen molar-refractivity contribution >= 4 is 15.9 Å². The second kappa shape index (κ2) is 10.3. The molecule has 0 rings (SSSR count). The molecule has 0 fully saturated rings. The summed E-state index contributed by atoms with van der Waals surface area (Å²) in [5, 5.41) is 7.55. The van der Waals surface area contributed by atoms with Crippen molar-refractivity contribution in [2.24, 2.45) is 5.14 Å². The third kappa shape index (κ3) is 13.4. The van der Waals surface area contributed by atoms with Gasteiger partial charge in [-0.05, 0) is 12.8 Å². The molecule has 0 aromatic carbocycles. The van der Waals surface area contributed by atoms with Gasteiger partial charge in [-0.1, -0.05) is 39.0 Å². The third-order valence-electron chi connectivity index (χ3n) is 2.69. The lowest BCUT2D eigenvalue weighted by Crippen LogP contribution is -2.27. The molecule has 0 aliphatic rings. The number of hydrogen-bond donors (Lipinski definition) is 2. The summed E-state index contributed by atoms with van der Waals surface area (Å²) >= 11 is 0. The predicted molar refractivity (Wildman–Crippen MR) is 73.6 cm³/mol. The van der Waals surface area contributed by atoms with E-state index >= 15 is 0 Å². The molecule has 1 amide bonds. The Morgan fingerprint density at radius 3 is 2.28 bits per heavy atom. The Morgan fingerprint density at radius 1 is 1.06 bits per heavy atom. The SMILES string of the molecule is CCCCCCCCC(=O)NCCCS(N)(=O)=O. The second-order valence-electron chi connectivity index (χ2n) is 4.59. The Morgan fingerprint density at radius 2 is 1.67 bits per heavy atom. The highest BCUT2D eigenvalue weighted by atomic mass is 32.2. The number of nitrogens with two attached hydrogens (primary N) is 1. The zero-order chi connectivity index (χ0) is 13.9. The number of nitrogens with one attached hydrogen (secondary N) is 1. The van der Waals surface area contributed by atoms with Gasteiger partial charge in [-0.15, -0.1) is 0 Å². The third-order valence-corrected chi connectivity index (χ3v) is 3.54. The molecule has 0 bridgehead atoms. The van der Waals surface area contributed by atoms with Crippen molar-refractivity contribution in [3.05, 3.63) is 0 Å². The predicted octanol–water partition coefficient (Wildman–Crippen LogP) is 1.53. The lowest BCUT2D eigenvalue weighted by Gasteiger charge is -2.04. The molecule has 0 aromatic heterocycles. The lowest BCUT2D eigenvalue weighted by atomic mass is 10.1. The molecule has 18 heavy (non-hydrogen) atoms. The van der Waals surface area contributed by atoms with Crippen molar-refractivity contribution in [1.82, 2.24) is 5.32 Å². The van der Waals surface area contributed by atoms with Gasteiger partial charge in [-0.25, -0.2) is 13.6 Å². The number of primary sulfonamides is 1. The van der Waals surface area contributed by atoms with E-state index in [1.54, 1.807) is 0 Å². The van der Waals surface area contributed by atoms with E-state index in [0.29, 0.717) is 19.4 Å². The first-order valence-electron chi connectivity index (χ1n) is 6.73. The van der Waals surface area contributed by atoms with Gasteiger partial charge in [0.2, 0.25) is 15.9 Å². The highest BCUT2D eigenvalue weighted by Crippen LogP contribution is 2.06. The normalized spacial score (nSPS) is 11.4. The van der Waals surface area contributed by atoms with Gasteiger partial charge in [0.05, 0.1) is 5.75 Å². The maximum atomic E-state index is 11.4. The zero-order valence-corrected chi connectivity index (χ0v) is 12.1. The first-order valence-corrected chi connectivity index (χ1v) is 8.44. The van der Waals surface area contributed by atoms with Crippen LogP contribution >= 0.6 is 0 Å². The van der Waals surface area contributed by atoms with Crippen LogP contribution in [0.5, 0.6) is 0 Å². The number of hydrogen-bond acceptors (Lipinski definition) is 3. The molecule has 0 aromatic rings. The minimum absolute atomic E-state index is 0.0000825. The van der Waals surface area contributed by atoms with Gasteiger partial charge in [0.15, 0.2) is 0 Å². The van der Waals surface area contributed by atoms with Crippen LogP contribution < -0.4 is 10.5 Å². The van der Waals surface area contributed by atoms with Gasteiger partial charge in [-0.2, -0.15) is 0 Å². The molecular formula is C12H26N2O3S. The largest absolute Gasteiger partial charge is 0.356 e. The van der Waals surface area contributed by atoms with Crippen LogP contribution in [0.15, 0.2) is 0 Å². The fourth-order valence-corrected chi connectivity index (χ4v) is 2.20. The molecule has 108 valence electrons. The molecule has 0 aliphatic heterocycles.